The van der Waals surface area contributed by atoms with Gasteiger partial charge in [-0.3, -0.25) is 33.8 Å². The van der Waals surface area contributed by atoms with E-state index in [-0.39, 0.29) is 42.8 Å². The van der Waals surface area contributed by atoms with Gasteiger partial charge in [0.1, 0.15) is 29.9 Å². The van der Waals surface area contributed by atoms with Crippen molar-refractivity contribution in [2.45, 2.75) is 130 Å². The fraction of sp³-hybridized carbons (Fsp3) is 0.667. The summed E-state index contributed by atoms with van der Waals surface area (Å²) in [5.74, 6) is -6.16. The minimum atomic E-state index is -1.25. The van der Waals surface area contributed by atoms with Gasteiger partial charge in [-0.05, 0) is 61.7 Å². The van der Waals surface area contributed by atoms with Gasteiger partial charge in [-0.25, -0.2) is 9.78 Å². The Hall–Kier alpha value is -4.69. The number of Topliss-reactive ketones (excluding diaryl/α,β-unsaturated/α-hetero) is 1. The van der Waals surface area contributed by atoms with Gasteiger partial charge in [0.2, 0.25) is 23.5 Å². The number of carbonyl (C=O) groups is 7. The molecule has 3 rings (SSSR count). The van der Waals surface area contributed by atoms with Gasteiger partial charge in [-0.15, -0.1) is 6.58 Å². The Morgan fingerprint density at radius 2 is 1.65 bits per heavy atom. The van der Waals surface area contributed by atoms with Crippen molar-refractivity contribution >= 4 is 41.3 Å². The van der Waals surface area contributed by atoms with E-state index >= 15 is 0 Å². The molecule has 0 spiro atoms. The zero-order valence-corrected chi connectivity index (χ0v) is 32.5. The Morgan fingerprint density at radius 1 is 0.944 bits per heavy atom. The minimum Gasteiger partial charge on any atom is -0.480 e. The molecule has 15 heteroatoms. The van der Waals surface area contributed by atoms with Gasteiger partial charge in [0.25, 0.3) is 11.8 Å². The van der Waals surface area contributed by atoms with Crippen molar-refractivity contribution in [1.82, 2.24) is 36.1 Å². The van der Waals surface area contributed by atoms with Crippen molar-refractivity contribution in [3.63, 3.8) is 0 Å². The fourth-order valence-corrected chi connectivity index (χ4v) is 7.55. The lowest BCUT2D eigenvalue weighted by molar-refractivity contribution is -0.146. The maximum atomic E-state index is 14.3. The molecular formula is C39H59N7O8. The van der Waals surface area contributed by atoms with Crippen LogP contribution < -0.4 is 21.3 Å². The number of nitrogens with one attached hydrogen (secondary N) is 4. The summed E-state index contributed by atoms with van der Waals surface area (Å²) in [5.41, 5.74) is 0.0276. The molecule has 1 aromatic heterocycles. The number of rotatable bonds is 19. The van der Waals surface area contributed by atoms with Crippen molar-refractivity contribution in [3.8, 4) is 0 Å². The molecule has 1 aliphatic heterocycles. The van der Waals surface area contributed by atoms with Crippen LogP contribution in [-0.4, -0.2) is 98.0 Å². The van der Waals surface area contributed by atoms with Crippen LogP contribution in [0, 0.1) is 29.6 Å². The van der Waals surface area contributed by atoms with Crippen LogP contribution in [0.2, 0.25) is 0 Å². The Kier molecular flexibility index (Phi) is 16.7. The van der Waals surface area contributed by atoms with Gasteiger partial charge in [-0.1, -0.05) is 73.3 Å². The van der Waals surface area contributed by atoms with Crippen molar-refractivity contribution < 1.29 is 38.7 Å². The van der Waals surface area contributed by atoms with E-state index in [4.69, 9.17) is 0 Å². The van der Waals surface area contributed by atoms with Gasteiger partial charge in [-0.2, -0.15) is 0 Å². The van der Waals surface area contributed by atoms with E-state index in [9.17, 15) is 38.7 Å². The number of allylic oxidation sites excluding steroid dienone is 1. The lowest BCUT2D eigenvalue weighted by Crippen LogP contribution is -2.60. The highest BCUT2D eigenvalue weighted by Crippen LogP contribution is 2.32. The van der Waals surface area contributed by atoms with Crippen molar-refractivity contribution in [3.05, 3.63) is 36.9 Å². The number of aromatic nitrogens is 2. The van der Waals surface area contributed by atoms with Crippen molar-refractivity contribution in [2.75, 3.05) is 6.54 Å². The average Bonchev–Trinajstić information content (AvgIpc) is 3.55. The number of aliphatic carboxylic acids is 1. The number of likely N-dealkylation sites (tertiary alicyclic amines) is 1. The third-order valence-corrected chi connectivity index (χ3v) is 10.5. The molecule has 298 valence electrons. The van der Waals surface area contributed by atoms with Gasteiger partial charge in [0, 0.05) is 18.9 Å². The first-order chi connectivity index (χ1) is 25.6. The number of hydrogen-bond donors (Lipinski definition) is 5. The summed E-state index contributed by atoms with van der Waals surface area (Å²) in [4.78, 5) is 103. The molecule has 54 heavy (non-hydrogen) atoms. The Balaban J connectivity index is 1.78. The molecule has 0 aromatic carbocycles. The van der Waals surface area contributed by atoms with E-state index < -0.39 is 77.4 Å². The molecule has 0 radical (unpaired) electrons. The van der Waals surface area contributed by atoms with Crippen molar-refractivity contribution in [1.29, 1.82) is 0 Å². The molecular weight excluding hydrogens is 694 g/mol. The van der Waals surface area contributed by atoms with Crippen LogP contribution >= 0.6 is 0 Å². The molecule has 15 nitrogen and oxygen atoms in total. The highest BCUT2D eigenvalue weighted by Gasteiger charge is 2.45. The summed E-state index contributed by atoms with van der Waals surface area (Å²) in [6, 6.07) is -5.61. The van der Waals surface area contributed by atoms with Gasteiger partial charge < -0.3 is 31.3 Å². The molecule has 4 unspecified atom stereocenters. The minimum absolute atomic E-state index is 0.0276. The standard InChI is InChI=1S/C39H59N7O8/c1-8-11-26-15-18-46(38(52)31(23(5)6)45-35(49)30(22(3)4)44-34(48)29-21-40-16-17-41-29)32(26)36(50)42-27(12-9-2)33(47)37(51)43-28(39(53)54)20-25-14-10-13-24(7)19-25/h8,16-17,21-28,30-32H,1,9-15,18-20H2,2-7H3,(H,42,50)(H,43,51)(H,44,48)(H,45,49)(H,53,54)/t24-,25?,26?,27?,28-,30-,31?,32-/m0/s1. The molecule has 2 aliphatic rings. The quantitative estimate of drug-likeness (QED) is 0.103. The van der Waals surface area contributed by atoms with Crippen LogP contribution in [-0.2, 0) is 28.8 Å². The third-order valence-electron chi connectivity index (χ3n) is 10.5. The van der Waals surface area contributed by atoms with Gasteiger partial charge >= 0.3 is 5.97 Å². The monoisotopic (exact) mass is 753 g/mol. The van der Waals surface area contributed by atoms with E-state index in [2.05, 4.69) is 44.7 Å². The molecule has 2 heterocycles. The topological polar surface area (TPSA) is 217 Å². The number of carboxylic acids is 1. The number of nitrogens with zero attached hydrogens (tertiary/aromatic N) is 3. The van der Waals surface area contributed by atoms with Gasteiger partial charge in [0.15, 0.2) is 0 Å². The molecule has 5 amide bonds. The maximum absolute atomic E-state index is 14.3. The highest BCUT2D eigenvalue weighted by atomic mass is 16.4. The van der Waals surface area contributed by atoms with E-state index in [1.165, 1.54) is 23.5 Å². The molecule has 1 saturated heterocycles. The van der Waals surface area contributed by atoms with Gasteiger partial charge in [0.05, 0.1) is 12.2 Å². The fourth-order valence-electron chi connectivity index (χ4n) is 7.55. The zero-order valence-electron chi connectivity index (χ0n) is 32.5. The Labute approximate surface area is 318 Å². The van der Waals surface area contributed by atoms with Crippen LogP contribution in [0.25, 0.3) is 0 Å². The maximum Gasteiger partial charge on any atom is 0.326 e. The predicted octanol–water partition coefficient (Wildman–Crippen LogP) is 2.80. The number of carbonyl (C=O) groups excluding carboxylic acids is 6. The van der Waals surface area contributed by atoms with E-state index in [0.717, 1.165) is 25.7 Å². The summed E-state index contributed by atoms with van der Waals surface area (Å²) >= 11 is 0. The second-order valence-electron chi connectivity index (χ2n) is 15.5. The lowest BCUT2D eigenvalue weighted by atomic mass is 9.79. The van der Waals surface area contributed by atoms with Crippen LogP contribution in [0.1, 0.15) is 110 Å². The summed E-state index contributed by atoms with van der Waals surface area (Å²) in [6.07, 6.45) is 11.1. The first kappa shape index (κ1) is 43.7. The molecule has 1 saturated carbocycles. The highest BCUT2D eigenvalue weighted by molar-refractivity contribution is 6.38. The zero-order chi connectivity index (χ0) is 40.1. The van der Waals surface area contributed by atoms with Crippen LogP contribution in [0.4, 0.5) is 0 Å². The first-order valence-corrected chi connectivity index (χ1v) is 19.3. The number of carboxylic acid groups (broad SMARTS) is 1. The molecule has 8 atom stereocenters. The van der Waals surface area contributed by atoms with E-state index in [0.29, 0.717) is 25.2 Å². The molecule has 0 bridgehead atoms. The van der Waals surface area contributed by atoms with E-state index in [1.54, 1.807) is 40.7 Å². The molecule has 1 aromatic rings. The molecule has 2 fully saturated rings. The normalized spacial score (nSPS) is 22.0. The summed E-state index contributed by atoms with van der Waals surface area (Å²) in [5, 5.41) is 20.5. The Morgan fingerprint density at radius 3 is 2.22 bits per heavy atom. The van der Waals surface area contributed by atoms with Crippen LogP contribution in [0.5, 0.6) is 0 Å². The summed E-state index contributed by atoms with van der Waals surface area (Å²) in [6.45, 7) is 14.9. The smallest absolute Gasteiger partial charge is 0.326 e. The first-order valence-electron chi connectivity index (χ1n) is 19.3. The third kappa shape index (κ3) is 11.9. The average molecular weight is 754 g/mol. The number of hydrogen-bond acceptors (Lipinski definition) is 9. The van der Waals surface area contributed by atoms with Crippen molar-refractivity contribution in [2.24, 2.45) is 29.6 Å². The predicted molar refractivity (Wildman–Crippen MR) is 200 cm³/mol. The Bertz CT molecular complexity index is 1500. The SMILES string of the molecule is C=CCC1CCN(C(=O)C(NC(=O)[C@@H](NC(=O)c2cnccn2)C(C)C)C(C)C)[C@@H]1C(=O)NC(CCC)C(=O)C(=O)N[C@@H](CC1CCC[C@H](C)C1)C(=O)O. The summed E-state index contributed by atoms with van der Waals surface area (Å²) in [7, 11) is 0. The second kappa shape index (κ2) is 20.7. The molecule has 5 N–H and O–H groups in total. The second-order valence-corrected chi connectivity index (χ2v) is 15.5. The largest absolute Gasteiger partial charge is 0.480 e. The number of amides is 5. The lowest BCUT2D eigenvalue weighted by Gasteiger charge is -2.34. The number of ketones is 1. The van der Waals surface area contributed by atoms with E-state index in [1.807, 2.05) is 0 Å². The van der Waals surface area contributed by atoms with Crippen LogP contribution in [0.3, 0.4) is 0 Å². The summed E-state index contributed by atoms with van der Waals surface area (Å²) < 4.78 is 0. The van der Waals surface area contributed by atoms with Crippen LogP contribution in [0.15, 0.2) is 31.2 Å². The molecule has 1 aliphatic carbocycles.